The predicted octanol–water partition coefficient (Wildman–Crippen LogP) is 1.80. The van der Waals surface area contributed by atoms with Crippen LogP contribution in [0.1, 0.15) is 24.0 Å². The number of hydrogen-bond donors (Lipinski definition) is 1. The van der Waals surface area contributed by atoms with Crippen LogP contribution in [0, 0.1) is 17.8 Å². The first kappa shape index (κ1) is 16.0. The van der Waals surface area contributed by atoms with Gasteiger partial charge in [-0.1, -0.05) is 24.0 Å². The number of hydrogen-bond acceptors (Lipinski definition) is 3. The Hall–Kier alpha value is -1.34. The van der Waals surface area contributed by atoms with Gasteiger partial charge in [-0.05, 0) is 50.7 Å². The van der Waals surface area contributed by atoms with Gasteiger partial charge in [0.25, 0.3) is 0 Å². The molecule has 1 aromatic carbocycles. The summed E-state index contributed by atoms with van der Waals surface area (Å²) in [5.74, 6) is 6.82. The molecular formula is C18H26N2O. The lowest BCUT2D eigenvalue weighted by Gasteiger charge is -2.21. The SMILES string of the molecule is CN1CCC(CN(C)Cc2ccc(C#CCCO)cc2)C1. The van der Waals surface area contributed by atoms with E-state index in [1.165, 1.54) is 31.6 Å². The zero-order chi connectivity index (χ0) is 15.1. The van der Waals surface area contributed by atoms with E-state index in [2.05, 4.69) is 60.0 Å². The van der Waals surface area contributed by atoms with Gasteiger partial charge < -0.3 is 14.9 Å². The quantitative estimate of drug-likeness (QED) is 0.836. The third kappa shape index (κ3) is 5.51. The summed E-state index contributed by atoms with van der Waals surface area (Å²) >= 11 is 0. The molecule has 1 saturated heterocycles. The van der Waals surface area contributed by atoms with E-state index in [4.69, 9.17) is 5.11 Å². The maximum absolute atomic E-state index is 8.71. The molecule has 2 rings (SSSR count). The van der Waals surface area contributed by atoms with Crippen LogP contribution in [0.4, 0.5) is 0 Å². The van der Waals surface area contributed by atoms with Gasteiger partial charge in [-0.25, -0.2) is 0 Å². The van der Waals surface area contributed by atoms with E-state index in [0.717, 1.165) is 18.0 Å². The standard InChI is InChI=1S/C18H26N2O/c1-19-11-10-18(14-19)15-20(2)13-17-8-6-16(7-9-17)5-3-4-12-21/h6-9,18,21H,4,10-15H2,1-2H3. The highest BCUT2D eigenvalue weighted by molar-refractivity contribution is 5.36. The molecule has 1 aliphatic heterocycles. The fraction of sp³-hybridized carbons (Fsp3) is 0.556. The van der Waals surface area contributed by atoms with Crippen molar-refractivity contribution >= 4 is 0 Å². The summed E-state index contributed by atoms with van der Waals surface area (Å²) < 4.78 is 0. The van der Waals surface area contributed by atoms with Crippen LogP contribution < -0.4 is 0 Å². The van der Waals surface area contributed by atoms with Crippen LogP contribution in [-0.2, 0) is 6.54 Å². The van der Waals surface area contributed by atoms with Crippen LogP contribution >= 0.6 is 0 Å². The summed E-state index contributed by atoms with van der Waals surface area (Å²) in [5.41, 5.74) is 2.35. The van der Waals surface area contributed by atoms with E-state index in [1.807, 2.05) is 0 Å². The van der Waals surface area contributed by atoms with Crippen molar-refractivity contribution in [3.8, 4) is 11.8 Å². The van der Waals surface area contributed by atoms with Gasteiger partial charge in [-0.3, -0.25) is 0 Å². The second-order valence-electron chi connectivity index (χ2n) is 6.09. The minimum atomic E-state index is 0.131. The molecule has 1 aliphatic rings. The molecule has 1 aromatic rings. The Morgan fingerprint density at radius 3 is 2.71 bits per heavy atom. The molecule has 1 heterocycles. The summed E-state index contributed by atoms with van der Waals surface area (Å²) in [7, 11) is 4.41. The molecule has 1 atom stereocenters. The Morgan fingerprint density at radius 1 is 1.33 bits per heavy atom. The monoisotopic (exact) mass is 286 g/mol. The number of benzene rings is 1. The Morgan fingerprint density at radius 2 is 2.10 bits per heavy atom. The minimum absolute atomic E-state index is 0.131. The smallest absolute Gasteiger partial charge is 0.0540 e. The van der Waals surface area contributed by atoms with Crippen molar-refractivity contribution in [1.82, 2.24) is 9.80 Å². The van der Waals surface area contributed by atoms with Crippen molar-refractivity contribution < 1.29 is 5.11 Å². The van der Waals surface area contributed by atoms with Crippen molar-refractivity contribution in [2.75, 3.05) is 40.3 Å². The maximum Gasteiger partial charge on any atom is 0.0540 e. The average molecular weight is 286 g/mol. The van der Waals surface area contributed by atoms with Crippen molar-refractivity contribution in [3.63, 3.8) is 0 Å². The van der Waals surface area contributed by atoms with E-state index in [0.29, 0.717) is 6.42 Å². The lowest BCUT2D eigenvalue weighted by molar-refractivity contribution is 0.267. The molecule has 0 aromatic heterocycles. The zero-order valence-electron chi connectivity index (χ0n) is 13.2. The van der Waals surface area contributed by atoms with Crippen molar-refractivity contribution in [1.29, 1.82) is 0 Å². The molecule has 0 aliphatic carbocycles. The number of nitrogens with zero attached hydrogens (tertiary/aromatic N) is 2. The molecule has 1 N–H and O–H groups in total. The zero-order valence-corrected chi connectivity index (χ0v) is 13.2. The number of rotatable bonds is 5. The Kier molecular flexibility index (Phi) is 6.25. The van der Waals surface area contributed by atoms with Crippen LogP contribution in [0.3, 0.4) is 0 Å². The van der Waals surface area contributed by atoms with E-state index >= 15 is 0 Å². The first-order valence-corrected chi connectivity index (χ1v) is 7.73. The molecule has 3 nitrogen and oxygen atoms in total. The fourth-order valence-corrected chi connectivity index (χ4v) is 2.91. The first-order valence-electron chi connectivity index (χ1n) is 7.73. The predicted molar refractivity (Wildman–Crippen MR) is 87.0 cm³/mol. The van der Waals surface area contributed by atoms with Crippen molar-refractivity contribution in [2.24, 2.45) is 5.92 Å². The molecule has 114 valence electrons. The van der Waals surface area contributed by atoms with Crippen LogP contribution in [-0.4, -0.2) is 55.2 Å². The highest BCUT2D eigenvalue weighted by atomic mass is 16.2. The molecule has 0 saturated carbocycles. The molecule has 3 heteroatoms. The molecule has 0 spiro atoms. The van der Waals surface area contributed by atoms with E-state index < -0.39 is 0 Å². The first-order chi connectivity index (χ1) is 10.2. The van der Waals surface area contributed by atoms with Crippen LogP contribution in [0.2, 0.25) is 0 Å². The van der Waals surface area contributed by atoms with E-state index in [9.17, 15) is 0 Å². The van der Waals surface area contributed by atoms with Gasteiger partial charge in [-0.2, -0.15) is 0 Å². The van der Waals surface area contributed by atoms with Gasteiger partial charge in [-0.15, -0.1) is 0 Å². The van der Waals surface area contributed by atoms with Crippen molar-refractivity contribution in [2.45, 2.75) is 19.4 Å². The van der Waals surface area contributed by atoms with Crippen molar-refractivity contribution in [3.05, 3.63) is 35.4 Å². The van der Waals surface area contributed by atoms with E-state index in [-0.39, 0.29) is 6.61 Å². The van der Waals surface area contributed by atoms with E-state index in [1.54, 1.807) is 0 Å². The summed E-state index contributed by atoms with van der Waals surface area (Å²) in [6, 6.07) is 8.44. The van der Waals surface area contributed by atoms with Gasteiger partial charge in [0.1, 0.15) is 0 Å². The molecule has 0 amide bonds. The fourth-order valence-electron chi connectivity index (χ4n) is 2.91. The van der Waals surface area contributed by atoms with Gasteiger partial charge in [0.2, 0.25) is 0 Å². The van der Waals surface area contributed by atoms with Gasteiger partial charge in [0.15, 0.2) is 0 Å². The minimum Gasteiger partial charge on any atom is -0.395 e. The number of aliphatic hydroxyl groups is 1. The summed E-state index contributed by atoms with van der Waals surface area (Å²) in [4.78, 5) is 4.83. The molecule has 0 bridgehead atoms. The topological polar surface area (TPSA) is 26.7 Å². The summed E-state index contributed by atoms with van der Waals surface area (Å²) in [5, 5.41) is 8.71. The highest BCUT2D eigenvalue weighted by Gasteiger charge is 2.20. The molecule has 1 fully saturated rings. The Labute approximate surface area is 128 Å². The molecular weight excluding hydrogens is 260 g/mol. The van der Waals surface area contributed by atoms with Crippen LogP contribution in [0.5, 0.6) is 0 Å². The normalized spacial score (nSPS) is 18.8. The Balaban J connectivity index is 1.81. The lowest BCUT2D eigenvalue weighted by atomic mass is 10.1. The van der Waals surface area contributed by atoms with Gasteiger partial charge >= 0.3 is 0 Å². The Bertz CT molecular complexity index is 486. The number of aliphatic hydroxyl groups excluding tert-OH is 1. The van der Waals surface area contributed by atoms with Gasteiger partial charge in [0.05, 0.1) is 6.61 Å². The second-order valence-corrected chi connectivity index (χ2v) is 6.09. The average Bonchev–Trinajstić information content (AvgIpc) is 2.86. The van der Waals surface area contributed by atoms with Gasteiger partial charge in [0, 0.05) is 31.6 Å². The third-order valence-corrected chi connectivity index (χ3v) is 3.93. The third-order valence-electron chi connectivity index (χ3n) is 3.93. The number of likely N-dealkylation sites (tertiary alicyclic amines) is 1. The van der Waals surface area contributed by atoms with Crippen LogP contribution in [0.25, 0.3) is 0 Å². The molecule has 1 unspecified atom stereocenters. The largest absolute Gasteiger partial charge is 0.395 e. The summed E-state index contributed by atoms with van der Waals surface area (Å²) in [6.07, 6.45) is 1.86. The summed E-state index contributed by atoms with van der Waals surface area (Å²) in [6.45, 7) is 4.75. The molecule has 21 heavy (non-hydrogen) atoms. The van der Waals surface area contributed by atoms with Crippen LogP contribution in [0.15, 0.2) is 24.3 Å². The lowest BCUT2D eigenvalue weighted by Crippen LogP contribution is -2.27. The maximum atomic E-state index is 8.71. The second kappa shape index (κ2) is 8.19. The highest BCUT2D eigenvalue weighted by Crippen LogP contribution is 2.16. The molecule has 0 radical (unpaired) electrons.